The maximum atomic E-state index is 4.52. The molecule has 0 fully saturated rings. The topological polar surface area (TPSA) is 12.0 Å². The highest BCUT2D eigenvalue weighted by atomic mass is 32.1. The van der Waals surface area contributed by atoms with Crippen molar-refractivity contribution >= 4 is 17.7 Å². The third kappa shape index (κ3) is 5.63. The first-order valence-corrected chi connectivity index (χ1v) is 3.11. The molecule has 0 heterocycles. The second-order valence-corrected chi connectivity index (χ2v) is 2.12. The average Bonchev–Trinajstić information content (AvgIpc) is 1.66. The van der Waals surface area contributed by atoms with Gasteiger partial charge in [0, 0.05) is 0 Å². The molecule has 8 heavy (non-hydrogen) atoms. The first-order chi connectivity index (χ1) is 3.77. The van der Waals surface area contributed by atoms with E-state index in [1.807, 2.05) is 12.3 Å². The van der Waals surface area contributed by atoms with Gasteiger partial charge in [0.25, 0.3) is 0 Å². The second kappa shape index (κ2) is 4.78. The molecule has 0 saturated heterocycles. The van der Waals surface area contributed by atoms with Gasteiger partial charge in [-0.25, -0.2) is 0 Å². The van der Waals surface area contributed by atoms with E-state index in [0.717, 1.165) is 0 Å². The fraction of sp³-hybridized carbons (Fsp3) is 0.500. The molecule has 0 atom stereocenters. The lowest BCUT2D eigenvalue weighted by Gasteiger charge is -1.90. The Bertz CT molecular complexity index is 86.5. The van der Waals surface area contributed by atoms with Crippen LogP contribution in [0.1, 0.15) is 13.8 Å². The molecule has 0 bridgehead atoms. The maximum Gasteiger partial charge on any atom is 0.0654 e. The molecule has 0 aliphatic rings. The van der Waals surface area contributed by atoms with Gasteiger partial charge in [-0.3, -0.25) is 0 Å². The SMILES string of the molecule is CC(C)/C=C\NC=S. The second-order valence-electron chi connectivity index (χ2n) is 1.89. The van der Waals surface area contributed by atoms with Gasteiger partial charge < -0.3 is 5.32 Å². The summed E-state index contributed by atoms with van der Waals surface area (Å²) < 4.78 is 0. The molecular weight excluding hydrogens is 118 g/mol. The number of allylic oxidation sites excluding steroid dienone is 1. The molecular formula is C6H11NS. The highest BCUT2D eigenvalue weighted by Crippen LogP contribution is 1.90. The van der Waals surface area contributed by atoms with Gasteiger partial charge in [-0.15, -0.1) is 0 Å². The Hall–Kier alpha value is -0.370. The van der Waals surface area contributed by atoms with Gasteiger partial charge in [0.15, 0.2) is 0 Å². The largest absolute Gasteiger partial charge is 0.359 e. The number of hydrogen-bond acceptors (Lipinski definition) is 1. The van der Waals surface area contributed by atoms with Crippen LogP contribution in [-0.2, 0) is 0 Å². The molecule has 46 valence electrons. The normalized spacial score (nSPS) is 10.4. The molecule has 0 aliphatic heterocycles. The summed E-state index contributed by atoms with van der Waals surface area (Å²) in [7, 11) is 0. The van der Waals surface area contributed by atoms with Gasteiger partial charge in [-0.05, 0) is 12.1 Å². The summed E-state index contributed by atoms with van der Waals surface area (Å²) in [6, 6.07) is 0. The first-order valence-electron chi connectivity index (χ1n) is 2.63. The van der Waals surface area contributed by atoms with E-state index < -0.39 is 0 Å². The first kappa shape index (κ1) is 7.63. The van der Waals surface area contributed by atoms with Crippen LogP contribution in [-0.4, -0.2) is 5.49 Å². The van der Waals surface area contributed by atoms with Crippen LogP contribution in [0.4, 0.5) is 0 Å². The van der Waals surface area contributed by atoms with E-state index in [4.69, 9.17) is 0 Å². The monoisotopic (exact) mass is 129 g/mol. The van der Waals surface area contributed by atoms with E-state index in [1.165, 1.54) is 5.49 Å². The van der Waals surface area contributed by atoms with Gasteiger partial charge in [0.1, 0.15) is 0 Å². The Kier molecular flexibility index (Phi) is 4.56. The molecule has 0 aliphatic carbocycles. The minimum absolute atomic E-state index is 0.595. The van der Waals surface area contributed by atoms with E-state index in [1.54, 1.807) is 0 Å². The standard InChI is InChI=1S/C6H11NS/c1-6(2)3-4-7-5-8/h3-6H,1-2H3,(H,7,8)/b4-3-. The lowest BCUT2D eigenvalue weighted by molar-refractivity contribution is 0.826. The Morgan fingerprint density at radius 2 is 2.12 bits per heavy atom. The molecule has 0 unspecified atom stereocenters. The summed E-state index contributed by atoms with van der Waals surface area (Å²) in [5, 5.41) is 2.79. The fourth-order valence-electron chi connectivity index (χ4n) is 0.287. The van der Waals surface area contributed by atoms with Crippen molar-refractivity contribution in [2.24, 2.45) is 5.92 Å². The summed E-state index contributed by atoms with van der Waals surface area (Å²) >= 11 is 4.52. The van der Waals surface area contributed by atoms with Crippen LogP contribution in [0.5, 0.6) is 0 Å². The Morgan fingerprint density at radius 1 is 1.50 bits per heavy atom. The van der Waals surface area contributed by atoms with Crippen LogP contribution >= 0.6 is 12.2 Å². The molecule has 0 saturated carbocycles. The van der Waals surface area contributed by atoms with Crippen LogP contribution in [0, 0.1) is 5.92 Å². The molecule has 2 heteroatoms. The van der Waals surface area contributed by atoms with Gasteiger partial charge >= 0.3 is 0 Å². The maximum absolute atomic E-state index is 4.52. The number of rotatable bonds is 3. The Labute approximate surface area is 55.8 Å². The number of hydrogen-bond donors (Lipinski definition) is 1. The molecule has 1 nitrogen and oxygen atoms in total. The third-order valence-corrected chi connectivity index (χ3v) is 0.781. The van der Waals surface area contributed by atoms with E-state index in [-0.39, 0.29) is 0 Å². The van der Waals surface area contributed by atoms with E-state index in [0.29, 0.717) is 5.92 Å². The summed E-state index contributed by atoms with van der Waals surface area (Å²) in [6.45, 7) is 4.23. The van der Waals surface area contributed by atoms with Crippen molar-refractivity contribution in [3.05, 3.63) is 12.3 Å². The van der Waals surface area contributed by atoms with Gasteiger partial charge in [-0.1, -0.05) is 32.1 Å². The zero-order chi connectivity index (χ0) is 6.41. The predicted octanol–water partition coefficient (Wildman–Crippen LogP) is 1.70. The molecule has 0 rings (SSSR count). The molecule has 0 radical (unpaired) electrons. The molecule has 0 spiro atoms. The zero-order valence-corrected chi connectivity index (χ0v) is 6.03. The summed E-state index contributed by atoms with van der Waals surface area (Å²) in [5.74, 6) is 0.595. The average molecular weight is 129 g/mol. The minimum Gasteiger partial charge on any atom is -0.359 e. The number of nitrogens with one attached hydrogen (secondary N) is 1. The summed E-state index contributed by atoms with van der Waals surface area (Å²) in [6.07, 6.45) is 3.89. The molecule has 1 N–H and O–H groups in total. The highest BCUT2D eigenvalue weighted by Gasteiger charge is 1.78. The van der Waals surface area contributed by atoms with Gasteiger partial charge in [0.2, 0.25) is 0 Å². The van der Waals surface area contributed by atoms with Crippen LogP contribution < -0.4 is 5.32 Å². The van der Waals surface area contributed by atoms with Crippen molar-refractivity contribution in [3.63, 3.8) is 0 Å². The third-order valence-electron chi connectivity index (χ3n) is 0.645. The lowest BCUT2D eigenvalue weighted by atomic mass is 10.2. The van der Waals surface area contributed by atoms with Crippen LogP contribution in [0.15, 0.2) is 12.3 Å². The van der Waals surface area contributed by atoms with Crippen molar-refractivity contribution in [1.82, 2.24) is 5.32 Å². The summed E-state index contributed by atoms with van der Waals surface area (Å²) in [4.78, 5) is 0. The minimum atomic E-state index is 0.595. The fourth-order valence-corrected chi connectivity index (χ4v) is 0.366. The van der Waals surface area contributed by atoms with Crippen molar-refractivity contribution < 1.29 is 0 Å². The quantitative estimate of drug-likeness (QED) is 0.582. The highest BCUT2D eigenvalue weighted by molar-refractivity contribution is 7.78. The molecule has 0 aromatic rings. The predicted molar refractivity (Wildman–Crippen MR) is 40.8 cm³/mol. The van der Waals surface area contributed by atoms with Crippen molar-refractivity contribution in [1.29, 1.82) is 0 Å². The zero-order valence-electron chi connectivity index (χ0n) is 5.22. The molecule has 0 aromatic heterocycles. The molecule has 0 aromatic carbocycles. The van der Waals surface area contributed by atoms with Crippen LogP contribution in [0.3, 0.4) is 0 Å². The van der Waals surface area contributed by atoms with Crippen molar-refractivity contribution in [2.75, 3.05) is 0 Å². The van der Waals surface area contributed by atoms with E-state index >= 15 is 0 Å². The van der Waals surface area contributed by atoms with E-state index in [2.05, 4.69) is 31.4 Å². The van der Waals surface area contributed by atoms with E-state index in [9.17, 15) is 0 Å². The Balaban J connectivity index is 3.19. The lowest BCUT2D eigenvalue weighted by Crippen LogP contribution is -1.97. The van der Waals surface area contributed by atoms with Crippen LogP contribution in [0.2, 0.25) is 0 Å². The Morgan fingerprint density at radius 3 is 2.50 bits per heavy atom. The molecule has 0 amide bonds. The smallest absolute Gasteiger partial charge is 0.0654 e. The van der Waals surface area contributed by atoms with Gasteiger partial charge in [-0.2, -0.15) is 0 Å². The van der Waals surface area contributed by atoms with Crippen LogP contribution in [0.25, 0.3) is 0 Å². The van der Waals surface area contributed by atoms with Crippen molar-refractivity contribution in [2.45, 2.75) is 13.8 Å². The van der Waals surface area contributed by atoms with Gasteiger partial charge in [0.05, 0.1) is 5.49 Å². The van der Waals surface area contributed by atoms with Crippen molar-refractivity contribution in [3.8, 4) is 0 Å². The summed E-state index contributed by atoms with van der Waals surface area (Å²) in [5.41, 5.74) is 1.48. The number of thiocarbonyl (C=S) groups is 1.